The van der Waals surface area contributed by atoms with Gasteiger partial charge in [-0.1, -0.05) is 0 Å². The molecule has 0 aromatic carbocycles. The van der Waals surface area contributed by atoms with Crippen molar-refractivity contribution in [2.45, 2.75) is 19.4 Å². The van der Waals surface area contributed by atoms with Gasteiger partial charge in [0.25, 0.3) is 0 Å². The summed E-state index contributed by atoms with van der Waals surface area (Å²) >= 11 is 3.32. The van der Waals surface area contributed by atoms with Crippen molar-refractivity contribution >= 4 is 15.9 Å². The van der Waals surface area contributed by atoms with Crippen LogP contribution in [0.4, 0.5) is 0 Å². The molecule has 1 unspecified atom stereocenters. The van der Waals surface area contributed by atoms with Crippen LogP contribution in [0.1, 0.15) is 25.2 Å². The molecule has 1 aliphatic heterocycles. The minimum Gasteiger partial charge on any atom is -0.294 e. The van der Waals surface area contributed by atoms with E-state index in [0.717, 1.165) is 10.3 Å². The summed E-state index contributed by atoms with van der Waals surface area (Å²) in [6, 6.07) is 0.363. The molecule has 0 spiro atoms. The first-order valence-corrected chi connectivity index (χ1v) is 5.28. The van der Waals surface area contributed by atoms with E-state index in [9.17, 15) is 0 Å². The highest BCUT2D eigenvalue weighted by molar-refractivity contribution is 9.10. The maximum absolute atomic E-state index is 4.28. The number of aromatic nitrogens is 2. The molecule has 0 amide bonds. The molecule has 0 radical (unpaired) electrons. The van der Waals surface area contributed by atoms with Crippen molar-refractivity contribution in [1.29, 1.82) is 0 Å². The Morgan fingerprint density at radius 3 is 2.46 bits per heavy atom. The summed E-state index contributed by atoms with van der Waals surface area (Å²) < 4.78 is 0.937. The fourth-order valence-electron chi connectivity index (χ4n) is 1.43. The van der Waals surface area contributed by atoms with Gasteiger partial charge in [-0.3, -0.25) is 4.90 Å². The largest absolute Gasteiger partial charge is 0.294 e. The highest BCUT2D eigenvalue weighted by atomic mass is 79.9. The predicted molar refractivity (Wildman–Crippen MR) is 54.3 cm³/mol. The number of hydrogen-bond acceptors (Lipinski definition) is 3. The minimum absolute atomic E-state index is 0.363. The molecule has 1 atom stereocenters. The topological polar surface area (TPSA) is 29.0 Å². The summed E-state index contributed by atoms with van der Waals surface area (Å²) in [6.07, 6.45) is 4.91. The third-order valence-corrected chi connectivity index (χ3v) is 2.86. The second-order valence-corrected chi connectivity index (χ2v) is 4.24. The van der Waals surface area contributed by atoms with Crippen LogP contribution in [-0.2, 0) is 0 Å². The fraction of sp³-hybridized carbons (Fsp3) is 0.556. The van der Waals surface area contributed by atoms with E-state index in [1.165, 1.54) is 19.5 Å². The molecule has 70 valence electrons. The van der Waals surface area contributed by atoms with Crippen molar-refractivity contribution in [3.63, 3.8) is 0 Å². The number of nitrogens with zero attached hydrogens (tertiary/aromatic N) is 3. The quantitative estimate of drug-likeness (QED) is 0.794. The van der Waals surface area contributed by atoms with Crippen LogP contribution in [0.15, 0.2) is 16.9 Å². The maximum Gasteiger partial charge on any atom is 0.145 e. The van der Waals surface area contributed by atoms with Crippen molar-refractivity contribution in [3.8, 4) is 0 Å². The SMILES string of the molecule is CC(c1ncc(Br)cn1)N1CCC1. The van der Waals surface area contributed by atoms with E-state index in [1.807, 2.05) is 0 Å². The monoisotopic (exact) mass is 241 g/mol. The van der Waals surface area contributed by atoms with Crippen LogP contribution >= 0.6 is 15.9 Å². The van der Waals surface area contributed by atoms with Gasteiger partial charge < -0.3 is 0 Å². The summed E-state index contributed by atoms with van der Waals surface area (Å²) in [5.41, 5.74) is 0. The predicted octanol–water partition coefficient (Wildman–Crippen LogP) is 2.01. The number of likely N-dealkylation sites (tertiary alicyclic amines) is 1. The van der Waals surface area contributed by atoms with Gasteiger partial charge in [0.15, 0.2) is 0 Å². The molecule has 0 saturated carbocycles. The van der Waals surface area contributed by atoms with Gasteiger partial charge >= 0.3 is 0 Å². The highest BCUT2D eigenvalue weighted by Crippen LogP contribution is 2.22. The molecule has 3 nitrogen and oxygen atoms in total. The lowest BCUT2D eigenvalue weighted by Gasteiger charge is -2.35. The summed E-state index contributed by atoms with van der Waals surface area (Å²) in [5.74, 6) is 0.919. The number of hydrogen-bond donors (Lipinski definition) is 0. The molecule has 2 rings (SSSR count). The number of rotatable bonds is 2. The van der Waals surface area contributed by atoms with E-state index in [-0.39, 0.29) is 0 Å². The molecular weight excluding hydrogens is 230 g/mol. The fourth-order valence-corrected chi connectivity index (χ4v) is 1.63. The Morgan fingerprint density at radius 2 is 2.00 bits per heavy atom. The zero-order valence-electron chi connectivity index (χ0n) is 7.57. The van der Waals surface area contributed by atoms with Gasteiger partial charge in [0.05, 0.1) is 10.5 Å². The smallest absolute Gasteiger partial charge is 0.145 e. The van der Waals surface area contributed by atoms with Gasteiger partial charge in [-0.05, 0) is 29.3 Å². The van der Waals surface area contributed by atoms with Gasteiger partial charge in [-0.15, -0.1) is 0 Å². The molecule has 2 heterocycles. The molecule has 1 aliphatic rings. The maximum atomic E-state index is 4.28. The average Bonchev–Trinajstić information content (AvgIpc) is 2.02. The van der Waals surface area contributed by atoms with E-state index in [4.69, 9.17) is 0 Å². The van der Waals surface area contributed by atoms with E-state index >= 15 is 0 Å². The van der Waals surface area contributed by atoms with E-state index < -0.39 is 0 Å². The molecule has 0 bridgehead atoms. The first-order chi connectivity index (χ1) is 6.27. The molecule has 0 aliphatic carbocycles. The van der Waals surface area contributed by atoms with Gasteiger partial charge in [0.2, 0.25) is 0 Å². The lowest BCUT2D eigenvalue weighted by atomic mass is 10.1. The van der Waals surface area contributed by atoms with E-state index in [1.54, 1.807) is 12.4 Å². The van der Waals surface area contributed by atoms with Gasteiger partial charge in [0, 0.05) is 25.5 Å². The molecule has 4 heteroatoms. The summed E-state index contributed by atoms with van der Waals surface area (Å²) in [4.78, 5) is 10.9. The van der Waals surface area contributed by atoms with Crippen LogP contribution in [-0.4, -0.2) is 28.0 Å². The highest BCUT2D eigenvalue weighted by Gasteiger charge is 2.22. The van der Waals surface area contributed by atoms with Crippen molar-refractivity contribution in [2.75, 3.05) is 13.1 Å². The summed E-state index contributed by atoms with van der Waals surface area (Å²) in [5, 5.41) is 0. The molecular formula is C9H12BrN3. The Labute approximate surface area is 86.3 Å². The zero-order chi connectivity index (χ0) is 9.26. The molecule has 13 heavy (non-hydrogen) atoms. The minimum atomic E-state index is 0.363. The van der Waals surface area contributed by atoms with Crippen LogP contribution in [0.25, 0.3) is 0 Å². The van der Waals surface area contributed by atoms with Gasteiger partial charge in [-0.2, -0.15) is 0 Å². The summed E-state index contributed by atoms with van der Waals surface area (Å²) in [7, 11) is 0. The Hall–Kier alpha value is -0.480. The van der Waals surface area contributed by atoms with Gasteiger partial charge in [0.1, 0.15) is 5.82 Å². The lowest BCUT2D eigenvalue weighted by Crippen LogP contribution is -2.39. The second-order valence-electron chi connectivity index (χ2n) is 3.32. The Kier molecular flexibility index (Phi) is 2.60. The summed E-state index contributed by atoms with van der Waals surface area (Å²) in [6.45, 7) is 4.52. The molecule has 1 fully saturated rings. The van der Waals surface area contributed by atoms with Crippen LogP contribution in [0.3, 0.4) is 0 Å². The van der Waals surface area contributed by atoms with Crippen LogP contribution in [0.5, 0.6) is 0 Å². The van der Waals surface area contributed by atoms with Crippen molar-refractivity contribution < 1.29 is 0 Å². The Bertz CT molecular complexity index is 281. The lowest BCUT2D eigenvalue weighted by molar-refractivity contribution is 0.123. The van der Waals surface area contributed by atoms with Crippen molar-refractivity contribution in [3.05, 3.63) is 22.7 Å². The molecule has 1 aromatic rings. The molecule has 1 aromatic heterocycles. The van der Waals surface area contributed by atoms with E-state index in [2.05, 4.69) is 37.7 Å². The standard InChI is InChI=1S/C9H12BrN3/c1-7(13-3-2-4-13)9-11-5-8(10)6-12-9/h5-7H,2-4H2,1H3. The van der Waals surface area contributed by atoms with Crippen molar-refractivity contribution in [1.82, 2.24) is 14.9 Å². The normalized spacial score (nSPS) is 19.5. The zero-order valence-corrected chi connectivity index (χ0v) is 9.16. The average molecular weight is 242 g/mol. The molecule has 1 saturated heterocycles. The van der Waals surface area contributed by atoms with Crippen LogP contribution in [0.2, 0.25) is 0 Å². The van der Waals surface area contributed by atoms with Crippen LogP contribution < -0.4 is 0 Å². The second kappa shape index (κ2) is 3.72. The third-order valence-electron chi connectivity index (χ3n) is 2.45. The van der Waals surface area contributed by atoms with Crippen LogP contribution in [0, 0.1) is 0 Å². The Balaban J connectivity index is 2.10. The van der Waals surface area contributed by atoms with Crippen molar-refractivity contribution in [2.24, 2.45) is 0 Å². The molecule has 0 N–H and O–H groups in total. The first-order valence-electron chi connectivity index (χ1n) is 4.49. The van der Waals surface area contributed by atoms with Gasteiger partial charge in [-0.25, -0.2) is 9.97 Å². The first kappa shape index (κ1) is 9.09. The van der Waals surface area contributed by atoms with E-state index in [0.29, 0.717) is 6.04 Å². The Morgan fingerprint density at radius 1 is 1.38 bits per heavy atom. The number of halogens is 1. The third kappa shape index (κ3) is 1.89.